The first kappa shape index (κ1) is 16.1. The van der Waals surface area contributed by atoms with Gasteiger partial charge in [-0.05, 0) is 45.5 Å². The molecular weight excluding hydrogens is 238 g/mol. The molecule has 4 nitrogen and oxygen atoms in total. The van der Waals surface area contributed by atoms with Crippen molar-refractivity contribution in [2.24, 2.45) is 0 Å². The summed E-state index contributed by atoms with van der Waals surface area (Å²) in [6.07, 6.45) is 4.82. The van der Waals surface area contributed by atoms with Crippen molar-refractivity contribution in [1.82, 2.24) is 15.2 Å². The molecule has 0 aliphatic rings. The Bertz CT molecular complexity index is 318. The predicted octanol–water partition coefficient (Wildman–Crippen LogP) is 1.92. The lowest BCUT2D eigenvalue weighted by Crippen LogP contribution is -2.38. The molecule has 1 aromatic heterocycles. The van der Waals surface area contributed by atoms with E-state index < -0.39 is 0 Å². The van der Waals surface area contributed by atoms with Crippen LogP contribution >= 0.6 is 0 Å². The van der Waals surface area contributed by atoms with Gasteiger partial charge in [-0.25, -0.2) is 0 Å². The van der Waals surface area contributed by atoms with E-state index >= 15 is 0 Å². The largest absolute Gasteiger partial charge is 0.382 e. The Balaban J connectivity index is 2.13. The standard InChI is InChI=1S/C15H27N3O/c1-4-19-10-6-9-16-11-14(2)18(3)13-15-7-5-8-17-12-15/h5,7-8,12,14,16H,4,6,9-11,13H2,1-3H3. The first-order chi connectivity index (χ1) is 9.24. The monoisotopic (exact) mass is 265 g/mol. The maximum absolute atomic E-state index is 5.31. The van der Waals surface area contributed by atoms with Gasteiger partial charge in [0.1, 0.15) is 0 Å². The lowest BCUT2D eigenvalue weighted by Gasteiger charge is -2.25. The van der Waals surface area contributed by atoms with E-state index in [9.17, 15) is 0 Å². The van der Waals surface area contributed by atoms with Crippen molar-refractivity contribution >= 4 is 0 Å². The number of hydrogen-bond donors (Lipinski definition) is 1. The first-order valence-corrected chi connectivity index (χ1v) is 7.11. The summed E-state index contributed by atoms with van der Waals surface area (Å²) in [6, 6.07) is 4.61. The van der Waals surface area contributed by atoms with Gasteiger partial charge in [-0.3, -0.25) is 9.88 Å². The summed E-state index contributed by atoms with van der Waals surface area (Å²) in [5, 5.41) is 3.47. The Kier molecular flexibility index (Phi) is 8.38. The number of aromatic nitrogens is 1. The molecule has 108 valence electrons. The smallest absolute Gasteiger partial charge is 0.0477 e. The summed E-state index contributed by atoms with van der Waals surface area (Å²) < 4.78 is 5.31. The second kappa shape index (κ2) is 9.89. The van der Waals surface area contributed by atoms with Crippen LogP contribution in [-0.4, -0.2) is 49.3 Å². The van der Waals surface area contributed by atoms with Crippen LogP contribution < -0.4 is 5.32 Å². The highest BCUT2D eigenvalue weighted by atomic mass is 16.5. The Morgan fingerprint density at radius 2 is 2.32 bits per heavy atom. The van der Waals surface area contributed by atoms with Gasteiger partial charge in [0.25, 0.3) is 0 Å². The molecule has 0 saturated heterocycles. The molecule has 1 N–H and O–H groups in total. The zero-order valence-corrected chi connectivity index (χ0v) is 12.4. The molecule has 1 atom stereocenters. The maximum atomic E-state index is 5.31. The molecule has 0 aliphatic carbocycles. The predicted molar refractivity (Wildman–Crippen MR) is 79.1 cm³/mol. The number of nitrogens with zero attached hydrogens (tertiary/aromatic N) is 2. The summed E-state index contributed by atoms with van der Waals surface area (Å²) in [6.45, 7) is 8.89. The minimum absolute atomic E-state index is 0.507. The molecule has 1 aromatic rings. The second-order valence-corrected chi connectivity index (χ2v) is 4.88. The molecule has 0 saturated carbocycles. The number of likely N-dealkylation sites (N-methyl/N-ethyl adjacent to an activating group) is 1. The second-order valence-electron chi connectivity index (χ2n) is 4.88. The fourth-order valence-corrected chi connectivity index (χ4v) is 1.85. The zero-order valence-electron chi connectivity index (χ0n) is 12.4. The van der Waals surface area contributed by atoms with E-state index in [2.05, 4.69) is 35.2 Å². The Hall–Kier alpha value is -0.970. The lowest BCUT2D eigenvalue weighted by molar-refractivity contribution is 0.144. The third-order valence-electron chi connectivity index (χ3n) is 3.19. The Labute approximate surface area is 117 Å². The molecule has 1 heterocycles. The van der Waals surface area contributed by atoms with Gasteiger partial charge in [0.05, 0.1) is 0 Å². The van der Waals surface area contributed by atoms with E-state index in [0.29, 0.717) is 6.04 Å². The fourth-order valence-electron chi connectivity index (χ4n) is 1.85. The van der Waals surface area contributed by atoms with Gasteiger partial charge in [-0.1, -0.05) is 6.07 Å². The fraction of sp³-hybridized carbons (Fsp3) is 0.667. The average Bonchev–Trinajstić information content (AvgIpc) is 2.43. The summed E-state index contributed by atoms with van der Waals surface area (Å²) in [7, 11) is 2.15. The molecule has 0 fully saturated rings. The summed E-state index contributed by atoms with van der Waals surface area (Å²) in [4.78, 5) is 6.48. The van der Waals surface area contributed by atoms with E-state index in [1.54, 1.807) is 0 Å². The van der Waals surface area contributed by atoms with Gasteiger partial charge in [0, 0.05) is 44.7 Å². The SMILES string of the molecule is CCOCCCNCC(C)N(C)Cc1cccnc1. The van der Waals surface area contributed by atoms with E-state index in [0.717, 1.165) is 39.3 Å². The van der Waals surface area contributed by atoms with Gasteiger partial charge in [-0.15, -0.1) is 0 Å². The van der Waals surface area contributed by atoms with Gasteiger partial charge in [0.2, 0.25) is 0 Å². The summed E-state index contributed by atoms with van der Waals surface area (Å²) in [5.41, 5.74) is 1.26. The molecule has 0 radical (unpaired) electrons. The van der Waals surface area contributed by atoms with Gasteiger partial charge >= 0.3 is 0 Å². The highest BCUT2D eigenvalue weighted by Crippen LogP contribution is 2.04. The highest BCUT2D eigenvalue weighted by Gasteiger charge is 2.08. The Morgan fingerprint density at radius 3 is 3.00 bits per heavy atom. The molecule has 0 spiro atoms. The number of pyridine rings is 1. The van der Waals surface area contributed by atoms with Gasteiger partial charge in [-0.2, -0.15) is 0 Å². The van der Waals surface area contributed by atoms with Crippen molar-refractivity contribution < 1.29 is 4.74 Å². The minimum Gasteiger partial charge on any atom is -0.382 e. The van der Waals surface area contributed by atoms with Gasteiger partial charge in [0.15, 0.2) is 0 Å². The van der Waals surface area contributed by atoms with Crippen LogP contribution in [0.2, 0.25) is 0 Å². The van der Waals surface area contributed by atoms with Crippen LogP contribution in [0.3, 0.4) is 0 Å². The van der Waals surface area contributed by atoms with Crippen LogP contribution in [0, 0.1) is 0 Å². The summed E-state index contributed by atoms with van der Waals surface area (Å²) >= 11 is 0. The third kappa shape index (κ3) is 7.25. The third-order valence-corrected chi connectivity index (χ3v) is 3.19. The van der Waals surface area contributed by atoms with Crippen molar-refractivity contribution in [3.63, 3.8) is 0 Å². The first-order valence-electron chi connectivity index (χ1n) is 7.11. The molecule has 4 heteroatoms. The molecule has 0 aliphatic heterocycles. The van der Waals surface area contributed by atoms with Crippen molar-refractivity contribution in [3.8, 4) is 0 Å². The molecule has 0 bridgehead atoms. The van der Waals surface area contributed by atoms with Crippen molar-refractivity contribution in [3.05, 3.63) is 30.1 Å². The average molecular weight is 265 g/mol. The van der Waals surface area contributed by atoms with E-state index in [1.165, 1.54) is 5.56 Å². The van der Waals surface area contributed by atoms with Gasteiger partial charge < -0.3 is 10.1 Å². The van der Waals surface area contributed by atoms with Crippen LogP contribution in [-0.2, 0) is 11.3 Å². The molecule has 1 rings (SSSR count). The summed E-state index contributed by atoms with van der Waals surface area (Å²) in [5.74, 6) is 0. The molecule has 0 amide bonds. The lowest BCUT2D eigenvalue weighted by atomic mass is 10.2. The van der Waals surface area contributed by atoms with Crippen molar-refractivity contribution in [2.45, 2.75) is 32.9 Å². The zero-order chi connectivity index (χ0) is 13.9. The quantitative estimate of drug-likeness (QED) is 0.656. The van der Waals surface area contributed by atoms with Crippen LogP contribution in [0.1, 0.15) is 25.8 Å². The maximum Gasteiger partial charge on any atom is 0.0477 e. The Morgan fingerprint density at radius 1 is 1.47 bits per heavy atom. The number of hydrogen-bond acceptors (Lipinski definition) is 4. The van der Waals surface area contributed by atoms with Crippen LogP contribution in [0.25, 0.3) is 0 Å². The molecular formula is C15H27N3O. The molecule has 0 aromatic carbocycles. The van der Waals surface area contributed by atoms with Crippen molar-refractivity contribution in [2.75, 3.05) is 33.4 Å². The normalized spacial score (nSPS) is 12.8. The van der Waals surface area contributed by atoms with Crippen molar-refractivity contribution in [1.29, 1.82) is 0 Å². The number of nitrogens with one attached hydrogen (secondary N) is 1. The number of ether oxygens (including phenoxy) is 1. The van der Waals surface area contributed by atoms with E-state index in [4.69, 9.17) is 4.74 Å². The van der Waals surface area contributed by atoms with Crippen LogP contribution in [0.5, 0.6) is 0 Å². The topological polar surface area (TPSA) is 37.4 Å². The minimum atomic E-state index is 0.507. The van der Waals surface area contributed by atoms with Crippen LogP contribution in [0.15, 0.2) is 24.5 Å². The number of rotatable bonds is 10. The van der Waals surface area contributed by atoms with Crippen LogP contribution in [0.4, 0.5) is 0 Å². The molecule has 19 heavy (non-hydrogen) atoms. The highest BCUT2D eigenvalue weighted by molar-refractivity contribution is 5.08. The molecule has 1 unspecified atom stereocenters. The van der Waals surface area contributed by atoms with E-state index in [1.807, 2.05) is 25.4 Å². The van der Waals surface area contributed by atoms with E-state index in [-0.39, 0.29) is 0 Å².